The third-order valence-corrected chi connectivity index (χ3v) is 4.48. The fourth-order valence-corrected chi connectivity index (χ4v) is 2.02. The molecule has 0 nitrogen and oxygen atoms in total. The molecule has 0 spiro atoms. The first-order valence-electron chi connectivity index (χ1n) is 5.30. The molecule has 0 bridgehead atoms. The smallest absolute Gasteiger partial charge is 0.0123 e. The predicted molar refractivity (Wildman–Crippen MR) is 65.2 cm³/mol. The molecule has 1 fully saturated rings. The predicted octanol–water partition coefficient (Wildman–Crippen LogP) is 4.24. The van der Waals surface area contributed by atoms with Gasteiger partial charge in [0.25, 0.3) is 0 Å². The lowest BCUT2D eigenvalue weighted by Crippen LogP contribution is -2.18. The van der Waals surface area contributed by atoms with Gasteiger partial charge in [-0.2, -0.15) is 0 Å². The van der Waals surface area contributed by atoms with E-state index in [0.717, 1.165) is 11.2 Å². The van der Waals surface area contributed by atoms with E-state index >= 15 is 0 Å². The van der Waals surface area contributed by atoms with Gasteiger partial charge in [0, 0.05) is 5.33 Å². The Morgan fingerprint density at radius 2 is 1.79 bits per heavy atom. The van der Waals surface area contributed by atoms with Crippen LogP contribution in [0, 0.1) is 0 Å². The molecule has 1 saturated carbocycles. The lowest BCUT2D eigenvalue weighted by molar-refractivity contribution is 0.606. The minimum Gasteiger partial charge on any atom is -0.0919 e. The summed E-state index contributed by atoms with van der Waals surface area (Å²) in [5, 5.41) is 1.02. The van der Waals surface area contributed by atoms with Gasteiger partial charge in [0.15, 0.2) is 0 Å². The molecule has 0 unspecified atom stereocenters. The summed E-state index contributed by atoms with van der Waals surface area (Å²) in [7, 11) is 0. The van der Waals surface area contributed by atoms with Crippen LogP contribution in [0.15, 0.2) is 24.3 Å². The third kappa shape index (κ3) is 2.03. The van der Waals surface area contributed by atoms with Crippen molar-refractivity contribution in [2.24, 2.45) is 0 Å². The van der Waals surface area contributed by atoms with E-state index in [2.05, 4.69) is 54.0 Å². The summed E-state index contributed by atoms with van der Waals surface area (Å²) in [4.78, 5) is 0. The second-order valence-electron chi connectivity index (χ2n) is 4.91. The summed E-state index contributed by atoms with van der Waals surface area (Å²) >= 11 is 3.57. The van der Waals surface area contributed by atoms with Gasteiger partial charge in [-0.15, -0.1) is 0 Å². The molecular formula is C13H17Br. The SMILES string of the molecule is CC(C)(CBr)c1ccc(C2CC2)cc1. The molecule has 0 aliphatic heterocycles. The van der Waals surface area contributed by atoms with Gasteiger partial charge >= 0.3 is 0 Å². The van der Waals surface area contributed by atoms with E-state index in [1.54, 1.807) is 0 Å². The van der Waals surface area contributed by atoms with Crippen LogP contribution in [-0.2, 0) is 5.41 Å². The van der Waals surface area contributed by atoms with Crippen molar-refractivity contribution in [3.8, 4) is 0 Å². The summed E-state index contributed by atoms with van der Waals surface area (Å²) in [5.74, 6) is 0.871. The Bertz CT molecular complexity index is 307. The maximum atomic E-state index is 3.57. The molecule has 1 aliphatic carbocycles. The minimum atomic E-state index is 0.252. The van der Waals surface area contributed by atoms with Crippen LogP contribution in [0.3, 0.4) is 0 Å². The number of hydrogen-bond donors (Lipinski definition) is 0. The second-order valence-corrected chi connectivity index (χ2v) is 5.47. The molecule has 0 N–H and O–H groups in total. The van der Waals surface area contributed by atoms with Gasteiger partial charge in [0.1, 0.15) is 0 Å². The molecule has 76 valence electrons. The normalized spacial score (nSPS) is 17.1. The van der Waals surface area contributed by atoms with Crippen LogP contribution in [0.2, 0.25) is 0 Å². The lowest BCUT2D eigenvalue weighted by atomic mass is 9.86. The summed E-state index contributed by atoms with van der Waals surface area (Å²) in [5.41, 5.74) is 3.21. The van der Waals surface area contributed by atoms with Crippen molar-refractivity contribution in [1.82, 2.24) is 0 Å². The van der Waals surface area contributed by atoms with Crippen LogP contribution in [0.4, 0.5) is 0 Å². The number of halogens is 1. The highest BCUT2D eigenvalue weighted by Gasteiger charge is 2.24. The van der Waals surface area contributed by atoms with E-state index in [1.807, 2.05) is 0 Å². The molecule has 1 aliphatic rings. The summed E-state index contributed by atoms with van der Waals surface area (Å²) < 4.78 is 0. The highest BCUT2D eigenvalue weighted by atomic mass is 79.9. The van der Waals surface area contributed by atoms with Crippen molar-refractivity contribution >= 4 is 15.9 Å². The average Bonchev–Trinajstić information content (AvgIpc) is 3.01. The summed E-state index contributed by atoms with van der Waals surface area (Å²) in [6, 6.07) is 9.18. The molecular weight excluding hydrogens is 236 g/mol. The van der Waals surface area contributed by atoms with Crippen molar-refractivity contribution < 1.29 is 0 Å². The van der Waals surface area contributed by atoms with E-state index in [4.69, 9.17) is 0 Å². The summed E-state index contributed by atoms with van der Waals surface area (Å²) in [6.45, 7) is 4.54. The van der Waals surface area contributed by atoms with Gasteiger partial charge in [-0.3, -0.25) is 0 Å². The quantitative estimate of drug-likeness (QED) is 0.707. The highest BCUT2D eigenvalue weighted by Crippen LogP contribution is 2.40. The first-order valence-corrected chi connectivity index (χ1v) is 6.42. The number of benzene rings is 1. The van der Waals surface area contributed by atoms with Crippen molar-refractivity contribution in [1.29, 1.82) is 0 Å². The Kier molecular flexibility index (Phi) is 2.70. The average molecular weight is 253 g/mol. The Hall–Kier alpha value is -0.300. The highest BCUT2D eigenvalue weighted by molar-refractivity contribution is 9.09. The van der Waals surface area contributed by atoms with Crippen molar-refractivity contribution in [3.05, 3.63) is 35.4 Å². The molecule has 0 amide bonds. The number of hydrogen-bond acceptors (Lipinski definition) is 0. The second kappa shape index (κ2) is 3.69. The van der Waals surface area contributed by atoms with E-state index < -0.39 is 0 Å². The maximum absolute atomic E-state index is 3.57. The van der Waals surface area contributed by atoms with Crippen LogP contribution in [0.5, 0.6) is 0 Å². The molecule has 1 heteroatoms. The lowest BCUT2D eigenvalue weighted by Gasteiger charge is -2.22. The van der Waals surface area contributed by atoms with Crippen LogP contribution in [0.1, 0.15) is 43.7 Å². The zero-order chi connectivity index (χ0) is 10.2. The fourth-order valence-electron chi connectivity index (χ4n) is 1.70. The molecule has 0 atom stereocenters. The van der Waals surface area contributed by atoms with E-state index in [-0.39, 0.29) is 5.41 Å². The van der Waals surface area contributed by atoms with Gasteiger partial charge in [-0.25, -0.2) is 0 Å². The Morgan fingerprint density at radius 1 is 1.21 bits per heavy atom. The zero-order valence-electron chi connectivity index (χ0n) is 8.89. The largest absolute Gasteiger partial charge is 0.0919 e. The van der Waals surface area contributed by atoms with E-state index in [1.165, 1.54) is 24.0 Å². The summed E-state index contributed by atoms with van der Waals surface area (Å²) in [6.07, 6.45) is 2.78. The minimum absolute atomic E-state index is 0.252. The molecule has 0 radical (unpaired) electrons. The van der Waals surface area contributed by atoms with E-state index in [0.29, 0.717) is 0 Å². The standard InChI is InChI=1S/C13H17Br/c1-13(2,9-14)12-7-5-11(6-8-12)10-3-4-10/h5-8,10H,3-4,9H2,1-2H3. The van der Waals surface area contributed by atoms with Gasteiger partial charge in [-0.05, 0) is 35.3 Å². The molecule has 2 rings (SSSR count). The third-order valence-electron chi connectivity index (χ3n) is 3.07. The molecule has 14 heavy (non-hydrogen) atoms. The number of rotatable bonds is 3. The molecule has 1 aromatic carbocycles. The Balaban J connectivity index is 2.20. The van der Waals surface area contributed by atoms with Crippen molar-refractivity contribution in [2.75, 3.05) is 5.33 Å². The van der Waals surface area contributed by atoms with Gasteiger partial charge < -0.3 is 0 Å². The molecule has 0 heterocycles. The Labute approximate surface area is 94.8 Å². The van der Waals surface area contributed by atoms with Gasteiger partial charge in [0.05, 0.1) is 0 Å². The Morgan fingerprint density at radius 3 is 2.21 bits per heavy atom. The maximum Gasteiger partial charge on any atom is 0.0123 e. The van der Waals surface area contributed by atoms with Crippen molar-refractivity contribution in [3.63, 3.8) is 0 Å². The monoisotopic (exact) mass is 252 g/mol. The van der Waals surface area contributed by atoms with Crippen LogP contribution in [0.25, 0.3) is 0 Å². The van der Waals surface area contributed by atoms with Crippen LogP contribution < -0.4 is 0 Å². The molecule has 1 aromatic rings. The van der Waals surface area contributed by atoms with E-state index in [9.17, 15) is 0 Å². The topological polar surface area (TPSA) is 0 Å². The fraction of sp³-hybridized carbons (Fsp3) is 0.538. The van der Waals surface area contributed by atoms with Gasteiger partial charge in [-0.1, -0.05) is 54.0 Å². The number of alkyl halides is 1. The molecule has 0 saturated heterocycles. The molecule has 0 aromatic heterocycles. The van der Waals surface area contributed by atoms with Crippen LogP contribution >= 0.6 is 15.9 Å². The first-order chi connectivity index (χ1) is 6.63. The van der Waals surface area contributed by atoms with Gasteiger partial charge in [0.2, 0.25) is 0 Å². The first kappa shape index (κ1) is 10.2. The van der Waals surface area contributed by atoms with Crippen molar-refractivity contribution in [2.45, 2.75) is 38.0 Å². The van der Waals surface area contributed by atoms with Crippen LogP contribution in [-0.4, -0.2) is 5.33 Å². The zero-order valence-corrected chi connectivity index (χ0v) is 10.5.